The minimum absolute atomic E-state index is 0.0116. The van der Waals surface area contributed by atoms with Crippen molar-refractivity contribution in [2.45, 2.75) is 25.2 Å². The normalized spacial score (nSPS) is 14.4. The zero-order valence-corrected chi connectivity index (χ0v) is 16.6. The highest BCUT2D eigenvalue weighted by molar-refractivity contribution is 7.89. The minimum atomic E-state index is -3.66. The molecule has 6 nitrogen and oxygen atoms in total. The van der Waals surface area contributed by atoms with E-state index in [1.165, 1.54) is 20.2 Å². The molecule has 0 saturated carbocycles. The van der Waals surface area contributed by atoms with E-state index in [4.69, 9.17) is 0 Å². The Kier molecular flexibility index (Phi) is 4.92. The molecule has 0 unspecified atom stereocenters. The molecule has 1 heterocycles. The second kappa shape index (κ2) is 6.90. The highest BCUT2D eigenvalue weighted by Crippen LogP contribution is 2.32. The lowest BCUT2D eigenvalue weighted by atomic mass is 9.96. The first-order valence-corrected chi connectivity index (χ1v) is 10.1. The number of carbonyl (C=O) groups is 2. The van der Waals surface area contributed by atoms with Gasteiger partial charge in [0, 0.05) is 38.2 Å². The third-order valence-electron chi connectivity index (χ3n) is 4.81. The van der Waals surface area contributed by atoms with Gasteiger partial charge in [-0.3, -0.25) is 9.59 Å². The fourth-order valence-corrected chi connectivity index (χ4v) is 4.41. The van der Waals surface area contributed by atoms with Crippen molar-refractivity contribution in [2.24, 2.45) is 0 Å². The summed E-state index contributed by atoms with van der Waals surface area (Å²) < 4.78 is 26.2. The highest BCUT2D eigenvalue weighted by Gasteiger charge is 2.30. The van der Waals surface area contributed by atoms with E-state index < -0.39 is 10.0 Å². The molecule has 0 N–H and O–H groups in total. The molecule has 27 heavy (non-hydrogen) atoms. The van der Waals surface area contributed by atoms with Crippen molar-refractivity contribution in [2.75, 3.05) is 25.5 Å². The number of benzene rings is 2. The van der Waals surface area contributed by atoms with Gasteiger partial charge in [0.15, 0.2) is 5.78 Å². The number of hydrogen-bond donors (Lipinski definition) is 0. The number of Topliss-reactive ketones (excluding diaryl/α,β-unsaturated/α-hetero) is 1. The Labute approximate surface area is 159 Å². The summed E-state index contributed by atoms with van der Waals surface area (Å²) in [6, 6.07) is 10.1. The molecule has 0 fully saturated rings. The third-order valence-corrected chi connectivity index (χ3v) is 6.77. The van der Waals surface area contributed by atoms with Crippen LogP contribution >= 0.6 is 0 Å². The Bertz CT molecular complexity index is 1040. The van der Waals surface area contributed by atoms with Gasteiger partial charge in [-0.1, -0.05) is 18.2 Å². The number of nitrogens with zero attached hydrogens (tertiary/aromatic N) is 2. The predicted molar refractivity (Wildman–Crippen MR) is 104 cm³/mol. The lowest BCUT2D eigenvalue weighted by Gasteiger charge is -2.30. The SMILES string of the molecule is Cc1ccc(C(=O)N2CCC(=O)c3cccc(C)c32)cc1S(=O)(=O)N(C)C. The van der Waals surface area contributed by atoms with Crippen molar-refractivity contribution in [3.05, 3.63) is 58.7 Å². The standard InChI is InChI=1S/C20H22N2O4S/c1-13-8-9-15(12-18(13)27(25,26)21(3)4)20(24)22-11-10-17(23)16-7-5-6-14(2)19(16)22/h5-9,12H,10-11H2,1-4H3. The summed E-state index contributed by atoms with van der Waals surface area (Å²) in [5, 5.41) is 0. The Hall–Kier alpha value is -2.51. The summed E-state index contributed by atoms with van der Waals surface area (Å²) in [6.07, 6.45) is 0.247. The smallest absolute Gasteiger partial charge is 0.258 e. The fraction of sp³-hybridized carbons (Fsp3) is 0.300. The topological polar surface area (TPSA) is 74.8 Å². The van der Waals surface area contributed by atoms with Crippen LogP contribution < -0.4 is 4.90 Å². The van der Waals surface area contributed by atoms with Crippen LogP contribution in [0.1, 0.15) is 38.3 Å². The Balaban J connectivity index is 2.09. The summed E-state index contributed by atoms with van der Waals surface area (Å²) >= 11 is 0. The number of para-hydroxylation sites is 1. The summed E-state index contributed by atoms with van der Waals surface area (Å²) in [5.41, 5.74) is 2.83. The lowest BCUT2D eigenvalue weighted by Crippen LogP contribution is -2.38. The maximum Gasteiger partial charge on any atom is 0.258 e. The Morgan fingerprint density at radius 2 is 1.78 bits per heavy atom. The van der Waals surface area contributed by atoms with E-state index in [0.29, 0.717) is 16.8 Å². The molecule has 7 heteroatoms. The second-order valence-electron chi connectivity index (χ2n) is 6.87. The first-order chi connectivity index (χ1) is 12.6. The molecule has 0 saturated heterocycles. The summed E-state index contributed by atoms with van der Waals surface area (Å²) in [7, 11) is -0.748. The minimum Gasteiger partial charge on any atom is -0.307 e. The van der Waals surface area contributed by atoms with Gasteiger partial charge in [0.05, 0.1) is 10.6 Å². The Morgan fingerprint density at radius 1 is 1.07 bits per heavy atom. The van der Waals surface area contributed by atoms with E-state index in [0.717, 1.165) is 9.87 Å². The maximum absolute atomic E-state index is 13.2. The zero-order chi connectivity index (χ0) is 19.9. The average Bonchev–Trinajstić information content (AvgIpc) is 2.62. The molecular weight excluding hydrogens is 364 g/mol. The number of aryl methyl sites for hydroxylation is 2. The van der Waals surface area contributed by atoms with Crippen LogP contribution in [0.2, 0.25) is 0 Å². The molecule has 1 aliphatic heterocycles. The van der Waals surface area contributed by atoms with Crippen LogP contribution in [0.15, 0.2) is 41.3 Å². The first-order valence-electron chi connectivity index (χ1n) is 8.62. The molecule has 0 radical (unpaired) electrons. The predicted octanol–water partition coefficient (Wildman–Crippen LogP) is 2.79. The molecule has 142 valence electrons. The van der Waals surface area contributed by atoms with Crippen molar-refractivity contribution in [1.29, 1.82) is 0 Å². The van der Waals surface area contributed by atoms with Gasteiger partial charge in [-0.25, -0.2) is 12.7 Å². The highest BCUT2D eigenvalue weighted by atomic mass is 32.2. The van der Waals surface area contributed by atoms with Crippen molar-refractivity contribution >= 4 is 27.4 Å². The zero-order valence-electron chi connectivity index (χ0n) is 15.8. The van der Waals surface area contributed by atoms with Gasteiger partial charge in [-0.15, -0.1) is 0 Å². The molecule has 0 bridgehead atoms. The van der Waals surface area contributed by atoms with Gasteiger partial charge in [0.2, 0.25) is 10.0 Å². The lowest BCUT2D eigenvalue weighted by molar-refractivity contribution is 0.0954. The van der Waals surface area contributed by atoms with Gasteiger partial charge in [-0.2, -0.15) is 0 Å². The van der Waals surface area contributed by atoms with Crippen molar-refractivity contribution in [3.8, 4) is 0 Å². The molecule has 0 aromatic heterocycles. The molecule has 2 aromatic carbocycles. The monoisotopic (exact) mass is 386 g/mol. The van der Waals surface area contributed by atoms with Gasteiger partial charge in [0.1, 0.15) is 0 Å². The van der Waals surface area contributed by atoms with Gasteiger partial charge in [-0.05, 0) is 43.2 Å². The molecule has 3 rings (SSSR count). The summed E-state index contributed by atoms with van der Waals surface area (Å²) in [5.74, 6) is -0.300. The number of ketones is 1. The fourth-order valence-electron chi connectivity index (χ4n) is 3.27. The van der Waals surface area contributed by atoms with E-state index >= 15 is 0 Å². The van der Waals surface area contributed by atoms with Crippen LogP contribution in [0.25, 0.3) is 0 Å². The van der Waals surface area contributed by atoms with Crippen LogP contribution in [0.5, 0.6) is 0 Å². The molecule has 0 spiro atoms. The molecule has 0 atom stereocenters. The molecular formula is C20H22N2O4S. The van der Waals surface area contributed by atoms with Crippen molar-refractivity contribution in [1.82, 2.24) is 4.31 Å². The van der Waals surface area contributed by atoms with Crippen molar-refractivity contribution < 1.29 is 18.0 Å². The summed E-state index contributed by atoms with van der Waals surface area (Å²) in [6.45, 7) is 3.83. The number of rotatable bonds is 3. The second-order valence-corrected chi connectivity index (χ2v) is 8.99. The molecule has 2 aromatic rings. The molecule has 1 amide bonds. The van der Waals surface area contributed by atoms with Crippen LogP contribution in [-0.2, 0) is 10.0 Å². The number of sulfonamides is 1. The number of fused-ring (bicyclic) bond motifs is 1. The van der Waals surface area contributed by atoms with E-state index in [2.05, 4.69) is 0 Å². The van der Waals surface area contributed by atoms with Gasteiger partial charge < -0.3 is 4.90 Å². The Morgan fingerprint density at radius 3 is 2.44 bits per heavy atom. The number of hydrogen-bond acceptors (Lipinski definition) is 4. The third kappa shape index (κ3) is 3.28. The molecule has 0 aliphatic carbocycles. The largest absolute Gasteiger partial charge is 0.307 e. The number of amides is 1. The average molecular weight is 386 g/mol. The quantitative estimate of drug-likeness (QED) is 0.813. The van der Waals surface area contributed by atoms with E-state index in [-0.39, 0.29) is 35.1 Å². The first kappa shape index (κ1) is 19.3. The van der Waals surface area contributed by atoms with Crippen LogP contribution in [0, 0.1) is 13.8 Å². The van der Waals surface area contributed by atoms with Crippen molar-refractivity contribution in [3.63, 3.8) is 0 Å². The van der Waals surface area contributed by atoms with Gasteiger partial charge >= 0.3 is 0 Å². The van der Waals surface area contributed by atoms with Crippen LogP contribution in [-0.4, -0.2) is 45.1 Å². The van der Waals surface area contributed by atoms with Gasteiger partial charge in [0.25, 0.3) is 5.91 Å². The van der Waals surface area contributed by atoms with E-state index in [1.54, 1.807) is 36.1 Å². The van der Waals surface area contributed by atoms with Crippen LogP contribution in [0.4, 0.5) is 5.69 Å². The summed E-state index contributed by atoms with van der Waals surface area (Å²) in [4.78, 5) is 27.1. The van der Waals surface area contributed by atoms with E-state index in [9.17, 15) is 18.0 Å². The van der Waals surface area contributed by atoms with E-state index in [1.807, 2.05) is 13.0 Å². The van der Waals surface area contributed by atoms with Crippen LogP contribution in [0.3, 0.4) is 0 Å². The number of carbonyl (C=O) groups excluding carboxylic acids is 2. The number of anilines is 1. The maximum atomic E-state index is 13.2. The molecule has 1 aliphatic rings.